The molecule has 2 heterocycles. The van der Waals surface area contributed by atoms with E-state index >= 15 is 0 Å². The third-order valence-corrected chi connectivity index (χ3v) is 7.89. The highest BCUT2D eigenvalue weighted by atomic mass is 33.1. The summed E-state index contributed by atoms with van der Waals surface area (Å²) in [7, 11) is 4.32. The number of pyridine rings is 1. The van der Waals surface area contributed by atoms with Crippen LogP contribution in [-0.2, 0) is 14.3 Å². The molecule has 6 nitrogen and oxygen atoms in total. The van der Waals surface area contributed by atoms with E-state index in [1.54, 1.807) is 40.1 Å². The molecule has 9 heteroatoms. The van der Waals surface area contributed by atoms with Crippen LogP contribution in [0.25, 0.3) is 0 Å². The Morgan fingerprint density at radius 3 is 2.77 bits per heavy atom. The van der Waals surface area contributed by atoms with Crippen molar-refractivity contribution in [3.63, 3.8) is 0 Å². The zero-order valence-corrected chi connectivity index (χ0v) is 18.8. The summed E-state index contributed by atoms with van der Waals surface area (Å²) < 4.78 is 19.4. The Morgan fingerprint density at radius 2 is 2.10 bits per heavy atom. The number of aryl methyl sites for hydroxylation is 1. The Morgan fingerprint density at radius 1 is 1.32 bits per heavy atom. The number of carboxylic acids is 1. The highest BCUT2D eigenvalue weighted by molar-refractivity contribution is 8.77. The maximum Gasteiger partial charge on any atom is 0.328 e. The number of carbonyl (C=O) groups excluding carboxylic acids is 1. The topological polar surface area (TPSA) is 79.7 Å². The highest BCUT2D eigenvalue weighted by Gasteiger charge is 2.36. The molecular formula is C22H23FN2O4S2. The number of hydrogen-bond donors (Lipinski definition) is 1. The molecule has 0 radical (unpaired) electrons. The number of carboxylic acid groups (broad SMARTS) is 1. The van der Waals surface area contributed by atoms with Gasteiger partial charge in [-0.25, -0.2) is 19.0 Å². The van der Waals surface area contributed by atoms with Crippen molar-refractivity contribution >= 4 is 33.5 Å². The molecule has 2 aromatic rings. The van der Waals surface area contributed by atoms with Crippen molar-refractivity contribution in [2.75, 3.05) is 20.2 Å². The Kier molecular flexibility index (Phi) is 8.11. The predicted molar refractivity (Wildman–Crippen MR) is 119 cm³/mol. The highest BCUT2D eigenvalue weighted by Crippen LogP contribution is 2.42. The number of piperidine rings is 1. The summed E-state index contributed by atoms with van der Waals surface area (Å²) >= 11 is 0. The van der Waals surface area contributed by atoms with E-state index in [0.717, 1.165) is 10.6 Å². The van der Waals surface area contributed by atoms with Crippen LogP contribution in [0.4, 0.5) is 4.39 Å². The number of carbonyl (C=O) groups is 2. The minimum Gasteiger partial charge on any atom is -0.478 e. The van der Waals surface area contributed by atoms with Crippen LogP contribution in [0.5, 0.6) is 0 Å². The van der Waals surface area contributed by atoms with E-state index in [4.69, 9.17) is 4.74 Å². The number of nitrogens with zero attached hydrogens (tertiary/aromatic N) is 2. The molecule has 1 aromatic carbocycles. The lowest BCUT2D eigenvalue weighted by molar-refractivity contribution is -0.147. The van der Waals surface area contributed by atoms with Gasteiger partial charge in [0, 0.05) is 36.2 Å². The van der Waals surface area contributed by atoms with Gasteiger partial charge in [-0.3, -0.25) is 4.90 Å². The van der Waals surface area contributed by atoms with Gasteiger partial charge in [-0.2, -0.15) is 0 Å². The molecular weight excluding hydrogens is 439 g/mol. The first-order valence-corrected chi connectivity index (χ1v) is 11.9. The Labute approximate surface area is 188 Å². The molecule has 2 unspecified atom stereocenters. The number of aliphatic carboxylic acids is 1. The lowest BCUT2D eigenvalue weighted by Crippen LogP contribution is -2.43. The normalized spacial score (nSPS) is 19.2. The van der Waals surface area contributed by atoms with Crippen LogP contribution in [0.1, 0.15) is 23.6 Å². The van der Waals surface area contributed by atoms with Gasteiger partial charge >= 0.3 is 11.9 Å². The van der Waals surface area contributed by atoms with Crippen LogP contribution in [0.2, 0.25) is 0 Å². The molecule has 0 spiro atoms. The average molecular weight is 463 g/mol. The molecule has 3 rings (SSSR count). The molecule has 31 heavy (non-hydrogen) atoms. The first-order valence-electron chi connectivity index (χ1n) is 9.65. The molecule has 0 aliphatic carbocycles. The van der Waals surface area contributed by atoms with Gasteiger partial charge in [0.1, 0.15) is 16.9 Å². The third kappa shape index (κ3) is 5.87. The van der Waals surface area contributed by atoms with Gasteiger partial charge in [0.05, 0.1) is 7.11 Å². The van der Waals surface area contributed by atoms with E-state index in [1.807, 2.05) is 19.1 Å². The average Bonchev–Trinajstić information content (AvgIpc) is 2.75. The second kappa shape index (κ2) is 10.8. The number of methoxy groups -OCH3 is 1. The van der Waals surface area contributed by atoms with Crippen LogP contribution in [0.15, 0.2) is 59.3 Å². The number of likely N-dealkylation sites (tertiary alicyclic amines) is 1. The molecule has 1 aliphatic heterocycles. The summed E-state index contributed by atoms with van der Waals surface area (Å²) in [5, 5.41) is 10.2. The number of benzene rings is 1. The van der Waals surface area contributed by atoms with Crippen molar-refractivity contribution in [3.8, 4) is 0 Å². The summed E-state index contributed by atoms with van der Waals surface area (Å²) in [6, 6.07) is 8.97. The van der Waals surface area contributed by atoms with Crippen molar-refractivity contribution in [1.29, 1.82) is 0 Å². The Bertz CT molecular complexity index is 985. The molecule has 1 aliphatic rings. The Balaban J connectivity index is 1.82. The van der Waals surface area contributed by atoms with E-state index < -0.39 is 23.8 Å². The standard InChI is InChI=1S/C22H23FN2O4S2/c1-14-6-5-10-24-21(14)31-30-18-9-11-25(13-15(18)12-19(26)27)20(22(28)29-2)16-7-3-4-8-17(16)23/h3-8,10,12,18,20H,9,11,13H2,1-2H3,(H,26,27)/b15-12-. The molecule has 0 amide bonds. The number of hydrogen-bond acceptors (Lipinski definition) is 7. The van der Waals surface area contributed by atoms with Gasteiger partial charge in [0.15, 0.2) is 0 Å². The largest absolute Gasteiger partial charge is 0.478 e. The molecule has 1 aromatic heterocycles. The summed E-state index contributed by atoms with van der Waals surface area (Å²) in [5.41, 5.74) is 1.93. The molecule has 1 fully saturated rings. The van der Waals surface area contributed by atoms with Crippen LogP contribution >= 0.6 is 21.6 Å². The second-order valence-electron chi connectivity index (χ2n) is 7.06. The lowest BCUT2D eigenvalue weighted by Gasteiger charge is -2.37. The van der Waals surface area contributed by atoms with Gasteiger partial charge in [-0.1, -0.05) is 35.1 Å². The fourth-order valence-corrected chi connectivity index (χ4v) is 6.24. The molecule has 1 N–H and O–H groups in total. The van der Waals surface area contributed by atoms with Crippen molar-refractivity contribution in [2.45, 2.75) is 29.7 Å². The second-order valence-corrected chi connectivity index (χ2v) is 9.45. The van der Waals surface area contributed by atoms with Crippen molar-refractivity contribution in [3.05, 3.63) is 71.2 Å². The fraction of sp³-hybridized carbons (Fsp3) is 0.318. The zero-order chi connectivity index (χ0) is 22.4. The van der Waals surface area contributed by atoms with E-state index in [9.17, 15) is 19.1 Å². The van der Waals surface area contributed by atoms with Crippen LogP contribution in [-0.4, -0.2) is 52.4 Å². The van der Waals surface area contributed by atoms with Gasteiger partial charge < -0.3 is 9.84 Å². The molecule has 164 valence electrons. The summed E-state index contributed by atoms with van der Waals surface area (Å²) in [5.74, 6) is -2.13. The van der Waals surface area contributed by atoms with Gasteiger partial charge in [0.25, 0.3) is 0 Å². The quantitative estimate of drug-likeness (QED) is 0.371. The van der Waals surface area contributed by atoms with E-state index in [1.165, 1.54) is 30.0 Å². The van der Waals surface area contributed by atoms with Gasteiger partial charge in [-0.15, -0.1) is 0 Å². The monoisotopic (exact) mass is 462 g/mol. The number of rotatable bonds is 7. The fourth-order valence-electron chi connectivity index (χ4n) is 3.45. The minimum atomic E-state index is -1.05. The lowest BCUT2D eigenvalue weighted by atomic mass is 9.98. The van der Waals surface area contributed by atoms with Crippen LogP contribution in [0.3, 0.4) is 0 Å². The smallest absolute Gasteiger partial charge is 0.328 e. The SMILES string of the molecule is COC(=O)C(c1ccccc1F)N1CCC(SSc2ncccc2C)/C(=C\C(=O)O)C1. The van der Waals surface area contributed by atoms with E-state index in [-0.39, 0.29) is 17.4 Å². The molecule has 2 atom stereocenters. The molecule has 1 saturated heterocycles. The zero-order valence-electron chi connectivity index (χ0n) is 17.2. The van der Waals surface area contributed by atoms with Crippen LogP contribution < -0.4 is 0 Å². The van der Waals surface area contributed by atoms with E-state index in [2.05, 4.69) is 4.98 Å². The molecule has 0 saturated carbocycles. The molecule has 0 bridgehead atoms. The number of esters is 1. The predicted octanol–water partition coefficient (Wildman–Crippen LogP) is 4.27. The maximum absolute atomic E-state index is 14.5. The van der Waals surface area contributed by atoms with Crippen LogP contribution in [0, 0.1) is 12.7 Å². The van der Waals surface area contributed by atoms with Crippen molar-refractivity contribution in [1.82, 2.24) is 9.88 Å². The van der Waals surface area contributed by atoms with Crippen molar-refractivity contribution < 1.29 is 23.8 Å². The first-order chi connectivity index (χ1) is 14.9. The summed E-state index contributed by atoms with van der Waals surface area (Å²) in [6.45, 7) is 2.69. The maximum atomic E-state index is 14.5. The summed E-state index contributed by atoms with van der Waals surface area (Å²) in [4.78, 5) is 30.1. The number of aromatic nitrogens is 1. The van der Waals surface area contributed by atoms with Gasteiger partial charge in [0.2, 0.25) is 0 Å². The van der Waals surface area contributed by atoms with Crippen molar-refractivity contribution in [2.24, 2.45) is 0 Å². The third-order valence-electron chi connectivity index (χ3n) is 4.98. The number of halogens is 1. The Hall–Kier alpha value is -2.36. The van der Waals surface area contributed by atoms with Gasteiger partial charge in [-0.05, 0) is 47.4 Å². The minimum absolute atomic E-state index is 0.0716. The first kappa shape index (κ1) is 23.3. The van der Waals surface area contributed by atoms with E-state index in [0.29, 0.717) is 18.5 Å². The summed E-state index contributed by atoms with van der Waals surface area (Å²) in [6.07, 6.45) is 3.51. The number of ether oxygens (including phenoxy) is 1.